The standard InChI is InChI=1S/C13H18O3S/c1-13(2,3)8-9(14)10-4-5-11(17-10)12-15-6-7-16-12/h4-5,12H,6-8H2,1-3H3. The topological polar surface area (TPSA) is 35.5 Å². The molecule has 17 heavy (non-hydrogen) atoms. The lowest BCUT2D eigenvalue weighted by atomic mass is 9.90. The lowest BCUT2D eigenvalue weighted by Gasteiger charge is -2.15. The summed E-state index contributed by atoms with van der Waals surface area (Å²) in [5.74, 6) is 0.201. The number of carbonyl (C=O) groups excluding carboxylic acids is 1. The normalized spacial score (nSPS) is 17.6. The lowest BCUT2D eigenvalue weighted by Crippen LogP contribution is -2.11. The Balaban J connectivity index is 2.04. The first-order valence-corrected chi connectivity index (χ1v) is 6.63. The Morgan fingerprint density at radius 2 is 2.00 bits per heavy atom. The minimum Gasteiger partial charge on any atom is -0.345 e. The van der Waals surface area contributed by atoms with Crippen LogP contribution in [0.1, 0.15) is 48.0 Å². The summed E-state index contributed by atoms with van der Waals surface area (Å²) in [5, 5.41) is 0. The van der Waals surface area contributed by atoms with Crippen molar-refractivity contribution in [3.63, 3.8) is 0 Å². The Morgan fingerprint density at radius 3 is 2.59 bits per heavy atom. The van der Waals surface area contributed by atoms with Crippen LogP contribution >= 0.6 is 11.3 Å². The number of Topliss-reactive ketones (excluding diaryl/α,β-unsaturated/α-hetero) is 1. The second-order valence-corrected chi connectivity index (χ2v) is 6.55. The summed E-state index contributed by atoms with van der Waals surface area (Å²) in [4.78, 5) is 13.8. The molecule has 0 amide bonds. The van der Waals surface area contributed by atoms with Gasteiger partial charge in [0.15, 0.2) is 12.1 Å². The summed E-state index contributed by atoms with van der Waals surface area (Å²) in [6.07, 6.45) is 0.301. The van der Waals surface area contributed by atoms with Gasteiger partial charge in [-0.15, -0.1) is 11.3 Å². The highest BCUT2D eigenvalue weighted by Crippen LogP contribution is 2.31. The molecule has 0 radical (unpaired) electrons. The molecule has 4 heteroatoms. The van der Waals surface area contributed by atoms with Crippen molar-refractivity contribution in [2.45, 2.75) is 33.5 Å². The van der Waals surface area contributed by atoms with Crippen molar-refractivity contribution in [2.75, 3.05) is 13.2 Å². The maximum Gasteiger partial charge on any atom is 0.193 e. The van der Waals surface area contributed by atoms with E-state index in [0.717, 1.165) is 9.75 Å². The predicted molar refractivity (Wildman–Crippen MR) is 67.4 cm³/mol. The second-order valence-electron chi connectivity index (χ2n) is 5.44. The van der Waals surface area contributed by atoms with Gasteiger partial charge in [0.25, 0.3) is 0 Å². The SMILES string of the molecule is CC(C)(C)CC(=O)c1ccc(C2OCCO2)s1. The third kappa shape index (κ3) is 3.37. The van der Waals surface area contributed by atoms with Crippen LogP contribution in [0.15, 0.2) is 12.1 Å². The number of ether oxygens (including phenoxy) is 2. The van der Waals surface area contributed by atoms with Crippen molar-refractivity contribution in [1.82, 2.24) is 0 Å². The van der Waals surface area contributed by atoms with Crippen molar-refractivity contribution in [2.24, 2.45) is 5.41 Å². The molecule has 1 aliphatic rings. The van der Waals surface area contributed by atoms with Gasteiger partial charge in [0, 0.05) is 6.42 Å². The summed E-state index contributed by atoms with van der Waals surface area (Å²) in [5.41, 5.74) is 0.0294. The fourth-order valence-electron chi connectivity index (χ4n) is 1.72. The molecular weight excluding hydrogens is 236 g/mol. The van der Waals surface area contributed by atoms with Crippen LogP contribution in [0.2, 0.25) is 0 Å². The number of hydrogen-bond donors (Lipinski definition) is 0. The van der Waals surface area contributed by atoms with E-state index in [9.17, 15) is 4.79 Å². The molecular formula is C13H18O3S. The van der Waals surface area contributed by atoms with E-state index in [4.69, 9.17) is 9.47 Å². The average Bonchev–Trinajstić information content (AvgIpc) is 2.86. The van der Waals surface area contributed by atoms with Gasteiger partial charge in [-0.2, -0.15) is 0 Å². The van der Waals surface area contributed by atoms with E-state index in [-0.39, 0.29) is 17.5 Å². The first-order chi connectivity index (χ1) is 7.96. The van der Waals surface area contributed by atoms with Gasteiger partial charge in [0.2, 0.25) is 0 Å². The Kier molecular flexibility index (Phi) is 3.66. The van der Waals surface area contributed by atoms with E-state index in [1.165, 1.54) is 11.3 Å². The van der Waals surface area contributed by atoms with Gasteiger partial charge in [-0.1, -0.05) is 20.8 Å². The molecule has 1 aliphatic heterocycles. The summed E-state index contributed by atoms with van der Waals surface area (Å²) in [7, 11) is 0. The monoisotopic (exact) mass is 254 g/mol. The summed E-state index contributed by atoms with van der Waals surface area (Å²) < 4.78 is 10.8. The molecule has 0 aliphatic carbocycles. The van der Waals surface area contributed by atoms with Crippen LogP contribution in [0.25, 0.3) is 0 Å². The molecule has 0 spiro atoms. The van der Waals surface area contributed by atoms with Crippen molar-refractivity contribution >= 4 is 17.1 Å². The van der Waals surface area contributed by atoms with Crippen molar-refractivity contribution in [1.29, 1.82) is 0 Å². The summed E-state index contributed by atoms with van der Waals surface area (Å²) >= 11 is 1.48. The summed E-state index contributed by atoms with van der Waals surface area (Å²) in [6.45, 7) is 7.48. The lowest BCUT2D eigenvalue weighted by molar-refractivity contribution is -0.0413. The Labute approximate surface area is 106 Å². The van der Waals surface area contributed by atoms with Gasteiger partial charge in [-0.05, 0) is 17.5 Å². The van der Waals surface area contributed by atoms with E-state index in [0.29, 0.717) is 19.6 Å². The van der Waals surface area contributed by atoms with E-state index in [2.05, 4.69) is 20.8 Å². The Morgan fingerprint density at radius 1 is 1.35 bits per heavy atom. The fourth-order valence-corrected chi connectivity index (χ4v) is 2.67. The molecule has 1 aromatic rings. The smallest absolute Gasteiger partial charge is 0.193 e. The fraction of sp³-hybridized carbons (Fsp3) is 0.615. The quantitative estimate of drug-likeness (QED) is 0.775. The van der Waals surface area contributed by atoms with Gasteiger partial charge in [-0.25, -0.2) is 0 Å². The average molecular weight is 254 g/mol. The van der Waals surface area contributed by atoms with E-state index < -0.39 is 0 Å². The third-order valence-electron chi connectivity index (χ3n) is 2.45. The highest BCUT2D eigenvalue weighted by atomic mass is 32.1. The van der Waals surface area contributed by atoms with E-state index in [1.807, 2.05) is 12.1 Å². The molecule has 1 saturated heterocycles. The molecule has 1 fully saturated rings. The molecule has 2 rings (SSSR count). The zero-order chi connectivity index (χ0) is 12.5. The predicted octanol–water partition coefficient (Wildman–Crippen LogP) is 3.41. The highest BCUT2D eigenvalue weighted by Gasteiger charge is 2.23. The third-order valence-corrected chi connectivity index (χ3v) is 3.59. The van der Waals surface area contributed by atoms with Gasteiger partial charge in [0.1, 0.15) is 0 Å². The van der Waals surface area contributed by atoms with Crippen molar-refractivity contribution < 1.29 is 14.3 Å². The molecule has 0 atom stereocenters. The van der Waals surface area contributed by atoms with Crippen LogP contribution in [0.5, 0.6) is 0 Å². The molecule has 0 aromatic carbocycles. The highest BCUT2D eigenvalue weighted by molar-refractivity contribution is 7.14. The minimum absolute atomic E-state index is 0.0294. The van der Waals surface area contributed by atoms with Crippen LogP contribution in [0.3, 0.4) is 0 Å². The van der Waals surface area contributed by atoms with E-state index >= 15 is 0 Å². The first kappa shape index (κ1) is 12.7. The number of carbonyl (C=O) groups is 1. The molecule has 0 saturated carbocycles. The molecule has 0 unspecified atom stereocenters. The number of rotatable bonds is 3. The number of hydrogen-bond acceptors (Lipinski definition) is 4. The van der Waals surface area contributed by atoms with Gasteiger partial charge in [-0.3, -0.25) is 4.79 Å². The summed E-state index contributed by atoms with van der Waals surface area (Å²) in [6, 6.07) is 3.80. The molecule has 0 bridgehead atoms. The van der Waals surface area contributed by atoms with Gasteiger partial charge in [0.05, 0.1) is 23.0 Å². The zero-order valence-corrected chi connectivity index (χ0v) is 11.3. The van der Waals surface area contributed by atoms with Crippen molar-refractivity contribution in [3.05, 3.63) is 21.9 Å². The van der Waals surface area contributed by atoms with Crippen molar-refractivity contribution in [3.8, 4) is 0 Å². The molecule has 3 nitrogen and oxygen atoms in total. The molecule has 94 valence electrons. The van der Waals surface area contributed by atoms with Crippen LogP contribution in [0.4, 0.5) is 0 Å². The maximum absolute atomic E-state index is 12.0. The van der Waals surface area contributed by atoms with Crippen LogP contribution < -0.4 is 0 Å². The largest absolute Gasteiger partial charge is 0.345 e. The maximum atomic E-state index is 12.0. The molecule has 0 N–H and O–H groups in total. The zero-order valence-electron chi connectivity index (χ0n) is 10.5. The number of ketones is 1. The Bertz CT molecular complexity index is 397. The molecule has 2 heterocycles. The van der Waals surface area contributed by atoms with Crippen LogP contribution in [-0.4, -0.2) is 19.0 Å². The molecule has 1 aromatic heterocycles. The second kappa shape index (κ2) is 4.88. The minimum atomic E-state index is -0.267. The van der Waals surface area contributed by atoms with Crippen LogP contribution in [0, 0.1) is 5.41 Å². The van der Waals surface area contributed by atoms with Gasteiger partial charge < -0.3 is 9.47 Å². The van der Waals surface area contributed by atoms with Gasteiger partial charge >= 0.3 is 0 Å². The van der Waals surface area contributed by atoms with Crippen LogP contribution in [-0.2, 0) is 9.47 Å². The first-order valence-electron chi connectivity index (χ1n) is 5.82. The van der Waals surface area contributed by atoms with E-state index in [1.54, 1.807) is 0 Å². The number of thiophene rings is 1. The Hall–Kier alpha value is -0.710.